The van der Waals surface area contributed by atoms with E-state index in [1.807, 2.05) is 0 Å². The van der Waals surface area contributed by atoms with Crippen LogP contribution in [0.2, 0.25) is 0 Å². The van der Waals surface area contributed by atoms with Gasteiger partial charge in [-0.05, 0) is 24.3 Å². The number of hydrogen-bond acceptors (Lipinski definition) is 3. The van der Waals surface area contributed by atoms with E-state index < -0.39 is 11.9 Å². The first-order valence-electron chi connectivity index (χ1n) is 4.39. The minimum absolute atomic E-state index is 0.490. The molecule has 0 radical (unpaired) electrons. The van der Waals surface area contributed by atoms with E-state index in [4.69, 9.17) is 0 Å². The highest BCUT2D eigenvalue weighted by molar-refractivity contribution is 5.56. The van der Waals surface area contributed by atoms with Crippen molar-refractivity contribution in [2.24, 2.45) is 0 Å². The third-order valence-electron chi connectivity index (χ3n) is 1.92. The van der Waals surface area contributed by atoms with Gasteiger partial charge in [0.15, 0.2) is 0 Å². The van der Waals surface area contributed by atoms with Crippen molar-refractivity contribution < 1.29 is 13.2 Å². The van der Waals surface area contributed by atoms with Gasteiger partial charge in [0.2, 0.25) is 0 Å². The molecule has 0 atom stereocenters. The average molecular weight is 225 g/mol. The zero-order chi connectivity index (χ0) is 11.6. The lowest BCUT2D eigenvalue weighted by Crippen LogP contribution is -2.07. The second kappa shape index (κ2) is 3.88. The Morgan fingerprint density at radius 1 is 1.06 bits per heavy atom. The highest BCUT2D eigenvalue weighted by Gasteiger charge is 2.32. The lowest BCUT2D eigenvalue weighted by molar-refractivity contribution is -0.141. The van der Waals surface area contributed by atoms with Crippen LogP contribution < -0.4 is 0 Å². The van der Waals surface area contributed by atoms with Crippen molar-refractivity contribution in [1.29, 1.82) is 0 Å². The summed E-state index contributed by atoms with van der Waals surface area (Å²) in [6, 6.07) is 5.54. The van der Waals surface area contributed by atoms with E-state index in [1.54, 1.807) is 12.1 Å². The molecular weight excluding hydrogens is 219 g/mol. The van der Waals surface area contributed by atoms with Gasteiger partial charge in [-0.3, -0.25) is 4.98 Å². The Hall–Kier alpha value is -1.98. The first-order valence-corrected chi connectivity index (χ1v) is 4.39. The number of pyridine rings is 1. The molecule has 0 aliphatic heterocycles. The molecule has 2 aromatic heterocycles. The number of alkyl halides is 3. The van der Waals surface area contributed by atoms with E-state index in [-0.39, 0.29) is 0 Å². The lowest BCUT2D eigenvalue weighted by Gasteiger charge is -2.05. The Morgan fingerprint density at radius 2 is 1.88 bits per heavy atom. The number of aromatic nitrogens is 3. The quantitative estimate of drug-likeness (QED) is 0.748. The van der Waals surface area contributed by atoms with Crippen molar-refractivity contribution >= 4 is 0 Å². The molecule has 2 rings (SSSR count). The van der Waals surface area contributed by atoms with Crippen molar-refractivity contribution in [1.82, 2.24) is 15.2 Å². The van der Waals surface area contributed by atoms with Crippen molar-refractivity contribution in [2.75, 3.05) is 0 Å². The van der Waals surface area contributed by atoms with Gasteiger partial charge in [0.25, 0.3) is 0 Å². The maximum Gasteiger partial charge on any atom is 0.433 e. The third kappa shape index (κ3) is 2.16. The first kappa shape index (κ1) is 10.5. The molecule has 0 saturated carbocycles. The van der Waals surface area contributed by atoms with Crippen molar-refractivity contribution in [2.45, 2.75) is 6.18 Å². The van der Waals surface area contributed by atoms with E-state index in [0.29, 0.717) is 11.3 Å². The summed E-state index contributed by atoms with van der Waals surface area (Å²) in [6.45, 7) is 0. The fourth-order valence-corrected chi connectivity index (χ4v) is 1.17. The van der Waals surface area contributed by atoms with Crippen LogP contribution in [0.1, 0.15) is 5.69 Å². The van der Waals surface area contributed by atoms with E-state index in [2.05, 4.69) is 15.2 Å². The summed E-state index contributed by atoms with van der Waals surface area (Å²) < 4.78 is 36.7. The van der Waals surface area contributed by atoms with Crippen LogP contribution in [0.4, 0.5) is 13.2 Å². The fourth-order valence-electron chi connectivity index (χ4n) is 1.17. The largest absolute Gasteiger partial charge is 0.433 e. The van der Waals surface area contributed by atoms with Crippen LogP contribution in [0.3, 0.4) is 0 Å². The summed E-state index contributed by atoms with van der Waals surface area (Å²) in [5.74, 6) is 0. The standard InChI is InChI=1S/C10H6F3N3/c11-10(12,13)9-4-3-7(6-14-9)8-2-1-5-15-16-8/h1-6H. The van der Waals surface area contributed by atoms with Crippen LogP contribution in [0, 0.1) is 0 Å². The summed E-state index contributed by atoms with van der Waals surface area (Å²) in [7, 11) is 0. The summed E-state index contributed by atoms with van der Waals surface area (Å²) in [5, 5.41) is 7.40. The lowest BCUT2D eigenvalue weighted by atomic mass is 10.2. The predicted molar refractivity (Wildman–Crippen MR) is 50.3 cm³/mol. The maximum atomic E-state index is 12.2. The number of hydrogen-bond donors (Lipinski definition) is 0. The topological polar surface area (TPSA) is 38.7 Å². The van der Waals surface area contributed by atoms with E-state index in [9.17, 15) is 13.2 Å². The Balaban J connectivity index is 2.34. The summed E-state index contributed by atoms with van der Waals surface area (Å²) in [5.41, 5.74) is 0.0740. The first-order chi connectivity index (χ1) is 7.57. The smallest absolute Gasteiger partial charge is 0.251 e. The normalized spacial score (nSPS) is 11.4. The molecule has 0 bridgehead atoms. The molecule has 2 aromatic rings. The summed E-state index contributed by atoms with van der Waals surface area (Å²) in [6.07, 6.45) is -1.80. The average Bonchev–Trinajstić information content (AvgIpc) is 2.29. The van der Waals surface area contributed by atoms with Gasteiger partial charge >= 0.3 is 6.18 Å². The highest BCUT2D eigenvalue weighted by Crippen LogP contribution is 2.28. The van der Waals surface area contributed by atoms with Crippen LogP contribution in [-0.2, 0) is 6.18 Å². The summed E-state index contributed by atoms with van der Waals surface area (Å²) in [4.78, 5) is 3.33. The molecule has 16 heavy (non-hydrogen) atoms. The molecule has 0 aliphatic carbocycles. The fraction of sp³-hybridized carbons (Fsp3) is 0.100. The molecular formula is C10H6F3N3. The van der Waals surface area contributed by atoms with E-state index >= 15 is 0 Å². The number of nitrogens with zero attached hydrogens (tertiary/aromatic N) is 3. The molecule has 2 heterocycles. The molecule has 82 valence electrons. The molecule has 0 fully saturated rings. The summed E-state index contributed by atoms with van der Waals surface area (Å²) >= 11 is 0. The third-order valence-corrected chi connectivity index (χ3v) is 1.92. The zero-order valence-electron chi connectivity index (χ0n) is 7.94. The molecule has 0 N–H and O–H groups in total. The Labute approximate surface area is 89.0 Å². The van der Waals surface area contributed by atoms with Gasteiger partial charge in [-0.15, -0.1) is 0 Å². The maximum absolute atomic E-state index is 12.2. The monoisotopic (exact) mass is 225 g/mol. The molecule has 6 heteroatoms. The van der Waals surface area contributed by atoms with Crippen molar-refractivity contribution in [3.8, 4) is 11.3 Å². The van der Waals surface area contributed by atoms with Gasteiger partial charge in [0.1, 0.15) is 5.69 Å². The van der Waals surface area contributed by atoms with E-state index in [1.165, 1.54) is 12.3 Å². The molecule has 0 unspecified atom stereocenters. The van der Waals surface area contributed by atoms with Crippen LogP contribution in [-0.4, -0.2) is 15.2 Å². The SMILES string of the molecule is FC(F)(F)c1ccc(-c2cccnn2)cn1. The zero-order valence-corrected chi connectivity index (χ0v) is 7.94. The second-order valence-electron chi connectivity index (χ2n) is 3.04. The molecule has 0 aliphatic rings. The van der Waals surface area contributed by atoms with Crippen molar-refractivity contribution in [3.63, 3.8) is 0 Å². The number of halogens is 3. The molecule has 0 amide bonds. The minimum Gasteiger partial charge on any atom is -0.251 e. The van der Waals surface area contributed by atoms with Gasteiger partial charge in [-0.2, -0.15) is 23.4 Å². The van der Waals surface area contributed by atoms with Crippen LogP contribution in [0.15, 0.2) is 36.7 Å². The predicted octanol–water partition coefficient (Wildman–Crippen LogP) is 2.56. The van der Waals surface area contributed by atoms with Gasteiger partial charge in [0.05, 0.1) is 5.69 Å². The van der Waals surface area contributed by atoms with Crippen LogP contribution >= 0.6 is 0 Å². The van der Waals surface area contributed by atoms with Crippen LogP contribution in [0.5, 0.6) is 0 Å². The minimum atomic E-state index is -4.42. The van der Waals surface area contributed by atoms with Gasteiger partial charge in [-0.25, -0.2) is 0 Å². The number of rotatable bonds is 1. The van der Waals surface area contributed by atoms with Gasteiger partial charge < -0.3 is 0 Å². The highest BCUT2D eigenvalue weighted by atomic mass is 19.4. The van der Waals surface area contributed by atoms with Gasteiger partial charge in [0, 0.05) is 18.0 Å². The molecule has 3 nitrogen and oxygen atoms in total. The second-order valence-corrected chi connectivity index (χ2v) is 3.04. The molecule has 0 spiro atoms. The molecule has 0 saturated heterocycles. The Bertz CT molecular complexity index is 465. The van der Waals surface area contributed by atoms with Crippen LogP contribution in [0.25, 0.3) is 11.3 Å². The molecule has 0 aromatic carbocycles. The van der Waals surface area contributed by atoms with E-state index in [0.717, 1.165) is 12.3 Å². The van der Waals surface area contributed by atoms with Gasteiger partial charge in [-0.1, -0.05) is 0 Å². The van der Waals surface area contributed by atoms with Crippen molar-refractivity contribution in [3.05, 3.63) is 42.4 Å². The Morgan fingerprint density at radius 3 is 2.38 bits per heavy atom. The Kier molecular flexibility index (Phi) is 2.55.